The van der Waals surface area contributed by atoms with Crippen molar-refractivity contribution in [3.05, 3.63) is 33.6 Å². The van der Waals surface area contributed by atoms with E-state index in [2.05, 4.69) is 18.8 Å². The Morgan fingerprint density at radius 3 is 3.00 bits per heavy atom. The van der Waals surface area contributed by atoms with Gasteiger partial charge in [-0.25, -0.2) is 4.98 Å². The van der Waals surface area contributed by atoms with Gasteiger partial charge in [-0.15, -0.1) is 0 Å². The van der Waals surface area contributed by atoms with Gasteiger partial charge in [0.1, 0.15) is 0 Å². The highest BCUT2D eigenvalue weighted by Crippen LogP contribution is 2.25. The monoisotopic (exact) mass is 338 g/mol. The maximum Gasteiger partial charge on any atom is 0.262 e. The van der Waals surface area contributed by atoms with Crippen LogP contribution in [0.2, 0.25) is 5.02 Å². The minimum absolute atomic E-state index is 0.0136. The highest BCUT2D eigenvalue weighted by molar-refractivity contribution is 7.99. The van der Waals surface area contributed by atoms with E-state index in [0.29, 0.717) is 27.7 Å². The van der Waals surface area contributed by atoms with Crippen molar-refractivity contribution >= 4 is 34.3 Å². The molecule has 0 aliphatic carbocycles. The zero-order valence-electron chi connectivity index (χ0n) is 12.7. The molecule has 0 spiro atoms. The molecule has 0 N–H and O–H groups in total. The van der Waals surface area contributed by atoms with E-state index in [0.717, 1.165) is 24.6 Å². The Balaban J connectivity index is 2.11. The second-order valence-electron chi connectivity index (χ2n) is 5.77. The Morgan fingerprint density at radius 1 is 1.50 bits per heavy atom. The molecule has 4 nitrogen and oxygen atoms in total. The molecule has 2 aromatic rings. The third kappa shape index (κ3) is 3.31. The number of hydrogen-bond acceptors (Lipinski definition) is 4. The molecule has 0 amide bonds. The van der Waals surface area contributed by atoms with E-state index >= 15 is 0 Å². The standard InChI is InChI=1S/C16H19ClN2O2S/c1-10(2)22-16-18-14-8-11(17)5-6-13(14)15(20)19(16)9-12-4-3-7-21-12/h5-6,8,10,12H,3-4,7,9H2,1-2H3. The molecule has 0 saturated carbocycles. The second kappa shape index (κ2) is 6.60. The van der Waals surface area contributed by atoms with Gasteiger partial charge in [0, 0.05) is 16.9 Å². The van der Waals surface area contributed by atoms with Crippen LogP contribution in [0.25, 0.3) is 10.9 Å². The number of ether oxygens (including phenoxy) is 1. The fraction of sp³-hybridized carbons (Fsp3) is 0.500. The number of thioether (sulfide) groups is 1. The van der Waals surface area contributed by atoms with Gasteiger partial charge in [-0.1, -0.05) is 37.2 Å². The van der Waals surface area contributed by atoms with E-state index in [-0.39, 0.29) is 11.7 Å². The summed E-state index contributed by atoms with van der Waals surface area (Å²) in [4.78, 5) is 17.5. The Labute approximate surface area is 138 Å². The average molecular weight is 339 g/mol. The van der Waals surface area contributed by atoms with Crippen LogP contribution in [0.3, 0.4) is 0 Å². The third-order valence-electron chi connectivity index (χ3n) is 3.63. The second-order valence-corrected chi connectivity index (χ2v) is 7.75. The molecule has 0 bridgehead atoms. The molecule has 1 aromatic carbocycles. The SMILES string of the molecule is CC(C)Sc1nc2cc(Cl)ccc2c(=O)n1CC1CCCO1. The quantitative estimate of drug-likeness (QED) is 0.629. The summed E-state index contributed by atoms with van der Waals surface area (Å²) in [6.45, 7) is 5.53. The molecule has 0 radical (unpaired) electrons. The van der Waals surface area contributed by atoms with Crippen molar-refractivity contribution in [3.63, 3.8) is 0 Å². The van der Waals surface area contributed by atoms with E-state index in [1.165, 1.54) is 0 Å². The molecule has 3 rings (SSSR count). The van der Waals surface area contributed by atoms with Crippen LogP contribution in [-0.2, 0) is 11.3 Å². The molecule has 1 fully saturated rings. The molecular weight excluding hydrogens is 320 g/mol. The average Bonchev–Trinajstić information content (AvgIpc) is 2.95. The summed E-state index contributed by atoms with van der Waals surface area (Å²) in [5.41, 5.74) is 0.643. The number of benzene rings is 1. The van der Waals surface area contributed by atoms with Gasteiger partial charge in [-0.2, -0.15) is 0 Å². The van der Waals surface area contributed by atoms with Crippen LogP contribution in [0.15, 0.2) is 28.2 Å². The molecule has 1 aliphatic heterocycles. The molecule has 1 aromatic heterocycles. The highest BCUT2D eigenvalue weighted by atomic mass is 35.5. The van der Waals surface area contributed by atoms with Gasteiger partial charge in [0.2, 0.25) is 0 Å². The highest BCUT2D eigenvalue weighted by Gasteiger charge is 2.20. The van der Waals surface area contributed by atoms with E-state index in [4.69, 9.17) is 16.3 Å². The number of nitrogens with zero attached hydrogens (tertiary/aromatic N) is 2. The van der Waals surface area contributed by atoms with Crippen molar-refractivity contribution < 1.29 is 4.74 Å². The summed E-state index contributed by atoms with van der Waals surface area (Å²) >= 11 is 7.63. The zero-order chi connectivity index (χ0) is 15.7. The van der Waals surface area contributed by atoms with Gasteiger partial charge in [-0.3, -0.25) is 9.36 Å². The number of rotatable bonds is 4. The minimum atomic E-state index is -0.0136. The van der Waals surface area contributed by atoms with E-state index in [1.54, 1.807) is 34.5 Å². The number of halogens is 1. The Kier molecular flexibility index (Phi) is 4.76. The summed E-state index contributed by atoms with van der Waals surface area (Å²) in [5.74, 6) is 0. The van der Waals surface area contributed by atoms with Gasteiger partial charge < -0.3 is 4.74 Å². The van der Waals surface area contributed by atoms with Crippen LogP contribution >= 0.6 is 23.4 Å². The van der Waals surface area contributed by atoms with Gasteiger partial charge in [0.25, 0.3) is 5.56 Å². The summed E-state index contributed by atoms with van der Waals surface area (Å²) in [6.07, 6.45) is 2.16. The molecule has 1 unspecified atom stereocenters. The largest absolute Gasteiger partial charge is 0.376 e. The third-order valence-corrected chi connectivity index (χ3v) is 4.86. The topological polar surface area (TPSA) is 44.1 Å². The predicted molar refractivity (Wildman–Crippen MR) is 91.0 cm³/mol. The maximum atomic E-state index is 12.8. The molecule has 2 heterocycles. The van der Waals surface area contributed by atoms with Crippen molar-refractivity contribution in [3.8, 4) is 0 Å². The fourth-order valence-corrected chi connectivity index (χ4v) is 3.65. The van der Waals surface area contributed by atoms with E-state index in [9.17, 15) is 4.79 Å². The maximum absolute atomic E-state index is 12.8. The van der Waals surface area contributed by atoms with Crippen molar-refractivity contribution in [1.29, 1.82) is 0 Å². The Morgan fingerprint density at radius 2 is 2.32 bits per heavy atom. The summed E-state index contributed by atoms with van der Waals surface area (Å²) in [7, 11) is 0. The van der Waals surface area contributed by atoms with Crippen LogP contribution in [0, 0.1) is 0 Å². The molecule has 1 atom stereocenters. The Bertz CT molecular complexity index is 739. The van der Waals surface area contributed by atoms with Crippen molar-refractivity contribution in [1.82, 2.24) is 9.55 Å². The number of fused-ring (bicyclic) bond motifs is 1. The zero-order valence-corrected chi connectivity index (χ0v) is 14.3. The molecule has 1 saturated heterocycles. The predicted octanol–water partition coefficient (Wildman–Crippen LogP) is 3.73. The number of aromatic nitrogens is 2. The minimum Gasteiger partial charge on any atom is -0.376 e. The van der Waals surface area contributed by atoms with Gasteiger partial charge in [0.15, 0.2) is 5.16 Å². The van der Waals surface area contributed by atoms with E-state index in [1.807, 2.05) is 0 Å². The normalized spacial score (nSPS) is 18.5. The van der Waals surface area contributed by atoms with Crippen LogP contribution in [0.5, 0.6) is 0 Å². The Hall–Kier alpha value is -1.04. The lowest BCUT2D eigenvalue weighted by atomic mass is 10.2. The van der Waals surface area contributed by atoms with E-state index < -0.39 is 0 Å². The van der Waals surface area contributed by atoms with Gasteiger partial charge in [-0.05, 0) is 31.0 Å². The lowest BCUT2D eigenvalue weighted by Crippen LogP contribution is -2.29. The molecule has 22 heavy (non-hydrogen) atoms. The van der Waals surface area contributed by atoms with Crippen molar-refractivity contribution in [2.24, 2.45) is 0 Å². The molecule has 1 aliphatic rings. The summed E-state index contributed by atoms with van der Waals surface area (Å²) in [5, 5.41) is 2.29. The first-order valence-electron chi connectivity index (χ1n) is 7.53. The van der Waals surface area contributed by atoms with Crippen LogP contribution in [0.4, 0.5) is 0 Å². The van der Waals surface area contributed by atoms with Crippen molar-refractivity contribution in [2.45, 2.75) is 49.7 Å². The molecule has 118 valence electrons. The summed E-state index contributed by atoms with van der Waals surface area (Å²) in [6, 6.07) is 5.24. The molecular formula is C16H19ClN2O2S. The smallest absolute Gasteiger partial charge is 0.262 e. The first-order valence-corrected chi connectivity index (χ1v) is 8.78. The van der Waals surface area contributed by atoms with Crippen molar-refractivity contribution in [2.75, 3.05) is 6.61 Å². The van der Waals surface area contributed by atoms with Crippen LogP contribution < -0.4 is 5.56 Å². The fourth-order valence-electron chi connectivity index (χ4n) is 2.63. The first-order chi connectivity index (χ1) is 10.5. The lowest BCUT2D eigenvalue weighted by molar-refractivity contribution is 0.0937. The first kappa shape index (κ1) is 15.8. The van der Waals surface area contributed by atoms with Crippen LogP contribution in [0.1, 0.15) is 26.7 Å². The molecule has 6 heteroatoms. The van der Waals surface area contributed by atoms with Gasteiger partial charge in [0.05, 0.1) is 23.6 Å². The summed E-state index contributed by atoms with van der Waals surface area (Å²) < 4.78 is 7.45. The number of hydrogen-bond donors (Lipinski definition) is 0. The van der Waals surface area contributed by atoms with Gasteiger partial charge >= 0.3 is 0 Å². The lowest BCUT2D eigenvalue weighted by Gasteiger charge is -2.17. The van der Waals surface area contributed by atoms with Crippen LogP contribution in [-0.4, -0.2) is 27.5 Å².